The molecule has 25 heavy (non-hydrogen) atoms. The monoisotopic (exact) mass is 412 g/mol. The van der Waals surface area contributed by atoms with Gasteiger partial charge in [0.05, 0.1) is 0 Å². The van der Waals surface area contributed by atoms with E-state index in [1.165, 1.54) is 0 Å². The Morgan fingerprint density at radius 2 is 0.680 bits per heavy atom. The minimum absolute atomic E-state index is 0. The molecule has 2 N–H and O–H groups in total. The summed E-state index contributed by atoms with van der Waals surface area (Å²) < 4.78 is 0. The van der Waals surface area contributed by atoms with Gasteiger partial charge in [-0.15, -0.1) is 0 Å². The summed E-state index contributed by atoms with van der Waals surface area (Å²) in [5.41, 5.74) is 0. The predicted molar refractivity (Wildman–Crippen MR) is 108 cm³/mol. The Morgan fingerprint density at radius 3 is 0.720 bits per heavy atom. The summed E-state index contributed by atoms with van der Waals surface area (Å²) in [6, 6.07) is 25.0. The molecule has 1 nitrogen and oxygen atoms in total. The summed E-state index contributed by atoms with van der Waals surface area (Å²) in [4.78, 5) is 0. The Balaban J connectivity index is -0.0000000324. The van der Waals surface area contributed by atoms with Crippen LogP contribution < -0.4 is 0 Å². The van der Waals surface area contributed by atoms with Crippen molar-refractivity contribution in [3.8, 4) is 0 Å². The number of rotatable bonds is 0. The third-order valence-corrected chi connectivity index (χ3v) is 1.21. The fourth-order valence-corrected chi connectivity index (χ4v) is 0.684. The molecule has 2 aromatic rings. The summed E-state index contributed by atoms with van der Waals surface area (Å²) in [5, 5.41) is 0. The Hall–Kier alpha value is -0.171. The zero-order valence-electron chi connectivity index (χ0n) is 16.8. The Kier molecular flexibility index (Phi) is 115. The van der Waals surface area contributed by atoms with Crippen molar-refractivity contribution in [1.29, 1.82) is 0 Å². The first-order valence-corrected chi connectivity index (χ1v) is 7.54. The van der Waals surface area contributed by atoms with Crippen LogP contribution in [0.15, 0.2) is 60.7 Å². The van der Waals surface area contributed by atoms with E-state index in [-0.39, 0.29) is 48.9 Å². The Morgan fingerprint density at radius 1 is 0.520 bits per heavy atom. The van der Waals surface area contributed by atoms with Gasteiger partial charge in [-0.25, -0.2) is 0 Å². The molecule has 0 heterocycles. The molecule has 0 saturated carbocycles. The second kappa shape index (κ2) is 64.9. The molecule has 0 saturated heterocycles. The maximum Gasteiger partial charge on any atom is 3.00 e. The van der Waals surface area contributed by atoms with Crippen molar-refractivity contribution in [2.24, 2.45) is 0 Å². The maximum atomic E-state index is 3.25. The van der Waals surface area contributed by atoms with Crippen LogP contribution in [0.1, 0.15) is 41.5 Å². The largest absolute Gasteiger partial charge is 3.00 e. The molecule has 2 rings (SSSR count). The molecule has 3 heteroatoms. The van der Waals surface area contributed by atoms with Crippen LogP contribution in [0.25, 0.3) is 0 Å². The summed E-state index contributed by atoms with van der Waals surface area (Å²) in [7, 11) is 0. The smallest absolute Gasteiger partial charge is 0.412 e. The molecule has 0 aliphatic heterocycles. The quantitative estimate of drug-likeness (QED) is 0.360. The maximum absolute atomic E-state index is 3.25. The van der Waals surface area contributed by atoms with Crippen molar-refractivity contribution in [2.45, 2.75) is 41.5 Å². The molecule has 0 spiro atoms. The molecule has 0 unspecified atom stereocenters. The van der Waals surface area contributed by atoms with Gasteiger partial charge in [-0.2, -0.15) is 114 Å². The molecule has 2 radical (unpaired) electrons. The van der Waals surface area contributed by atoms with E-state index in [4.69, 9.17) is 0 Å². The minimum Gasteiger partial charge on any atom is -0.412 e. The van der Waals surface area contributed by atoms with Crippen molar-refractivity contribution in [3.63, 3.8) is 0 Å². The van der Waals surface area contributed by atoms with Crippen molar-refractivity contribution in [3.05, 3.63) is 99.5 Å². The van der Waals surface area contributed by atoms with Gasteiger partial charge in [-0.1, -0.05) is 0 Å². The predicted octanol–water partition coefficient (Wildman–Crippen LogP) is 6.29. The molecule has 0 fully saturated rings. The summed E-state index contributed by atoms with van der Waals surface area (Å²) in [5.74, 6) is 0. The van der Waals surface area contributed by atoms with E-state index < -0.39 is 0 Å². The first kappa shape index (κ1) is 44.4. The van der Waals surface area contributed by atoms with Crippen molar-refractivity contribution in [1.82, 2.24) is 0 Å². The average molecular weight is 412 g/mol. The van der Waals surface area contributed by atoms with E-state index in [2.05, 4.69) is 26.0 Å². The normalized spacial score (nSPS) is 5.76. The van der Waals surface area contributed by atoms with Crippen LogP contribution in [0.2, 0.25) is 0 Å². The zero-order chi connectivity index (χ0) is 17.9. The van der Waals surface area contributed by atoms with Crippen LogP contribution in [0.4, 0.5) is 0 Å². The molecule has 0 aromatic heterocycles. The number of hydrogen-bond acceptors (Lipinski definition) is 0. The van der Waals surface area contributed by atoms with E-state index in [0.29, 0.717) is 0 Å². The third kappa shape index (κ3) is 81.1. The van der Waals surface area contributed by atoms with Crippen LogP contribution in [-0.4, -0.2) is 5.48 Å². The van der Waals surface area contributed by atoms with Crippen molar-refractivity contribution >= 4 is 0 Å². The van der Waals surface area contributed by atoms with Gasteiger partial charge in [0.2, 0.25) is 0 Å². The van der Waals surface area contributed by atoms with Gasteiger partial charge in [0, 0.05) is 0 Å². The van der Waals surface area contributed by atoms with Gasteiger partial charge in [0.25, 0.3) is 0 Å². The molecule has 2 aromatic carbocycles. The molecular weight excluding hydrogens is 376 g/mol. The van der Waals surface area contributed by atoms with E-state index in [1.807, 2.05) is 101 Å². The summed E-state index contributed by atoms with van der Waals surface area (Å²) in [6.07, 6.45) is 4.00. The van der Waals surface area contributed by atoms with Crippen LogP contribution in [0, 0.1) is 38.8 Å². The summed E-state index contributed by atoms with van der Waals surface area (Å²) in [6.45, 7) is 18.0. The van der Waals surface area contributed by atoms with Crippen LogP contribution in [-0.2, 0) is 43.4 Å². The summed E-state index contributed by atoms with van der Waals surface area (Å²) >= 11 is 0. The van der Waals surface area contributed by atoms with Gasteiger partial charge in [0.15, 0.2) is 0 Å². The third-order valence-electron chi connectivity index (χ3n) is 1.21. The van der Waals surface area contributed by atoms with Crippen molar-refractivity contribution < 1.29 is 48.9 Å². The Bertz CT molecular complexity index is 215. The Labute approximate surface area is 189 Å². The molecule has 0 atom stereocenters. The standard InChI is InChI=1S/2C6H5.2C3H7.2C2H5.H2O.2Ti/c2*1-2-4-6-5-3-1;2*1-3-2;2*1-2;;;/h2*1-5H;2*3H,1-2H3;2*1H2,2H3;1H2;;/q6*-1;;2*+3. The van der Waals surface area contributed by atoms with Crippen LogP contribution in [0.5, 0.6) is 0 Å². The second-order valence-corrected chi connectivity index (χ2v) is 3.31. The molecule has 0 aliphatic rings. The fraction of sp³-hybridized carbons (Fsp3) is 0.273. The van der Waals surface area contributed by atoms with E-state index in [9.17, 15) is 0 Å². The van der Waals surface area contributed by atoms with Gasteiger partial charge < -0.3 is 32.2 Å². The molecule has 0 aliphatic carbocycles. The van der Waals surface area contributed by atoms with E-state index in [1.54, 1.807) is 13.8 Å². The van der Waals surface area contributed by atoms with Gasteiger partial charge in [0.1, 0.15) is 0 Å². The fourth-order valence-electron chi connectivity index (χ4n) is 0.684. The molecular formula is C22H36OTi2. The number of benzene rings is 2. The number of hydrogen-bond donors (Lipinski definition) is 0. The second-order valence-electron chi connectivity index (χ2n) is 3.31. The zero-order valence-corrected chi connectivity index (χ0v) is 20.0. The van der Waals surface area contributed by atoms with E-state index >= 15 is 0 Å². The van der Waals surface area contributed by atoms with Gasteiger partial charge in [-0.05, 0) is 0 Å². The van der Waals surface area contributed by atoms with Crippen LogP contribution in [0.3, 0.4) is 0 Å². The molecule has 0 bridgehead atoms. The first-order valence-electron chi connectivity index (χ1n) is 7.54. The minimum atomic E-state index is 0. The average Bonchev–Trinajstić information content (AvgIpc) is 2.63. The van der Waals surface area contributed by atoms with Crippen molar-refractivity contribution in [2.75, 3.05) is 0 Å². The topological polar surface area (TPSA) is 31.5 Å². The van der Waals surface area contributed by atoms with Gasteiger partial charge in [-0.3, -0.25) is 0 Å². The molecule has 138 valence electrons. The SMILES string of the molecule is C[CH-]C.C[CH-]C.O.[CH2-]C.[CH2-]C.[Ti+3].[Ti+3].[c-]1ccccc1.[c-]1ccccc1. The van der Waals surface area contributed by atoms with Gasteiger partial charge >= 0.3 is 43.4 Å². The molecule has 0 amide bonds. The van der Waals surface area contributed by atoms with Crippen LogP contribution >= 0.6 is 0 Å². The van der Waals surface area contributed by atoms with E-state index in [0.717, 1.165) is 0 Å². The first-order chi connectivity index (χ1) is 10.8.